The van der Waals surface area contributed by atoms with Gasteiger partial charge in [-0.2, -0.15) is 5.10 Å². The molecule has 5 nitrogen and oxygen atoms in total. The van der Waals surface area contributed by atoms with E-state index < -0.39 is 0 Å². The molecular formula is C26H22N2O3. The predicted octanol–water partition coefficient (Wildman–Crippen LogP) is 4.95. The average molecular weight is 410 g/mol. The van der Waals surface area contributed by atoms with Crippen molar-refractivity contribution in [3.63, 3.8) is 0 Å². The molecule has 31 heavy (non-hydrogen) atoms. The van der Waals surface area contributed by atoms with E-state index in [-0.39, 0.29) is 12.5 Å². The number of amides is 1. The maximum Gasteiger partial charge on any atom is 0.277 e. The molecule has 1 amide bonds. The van der Waals surface area contributed by atoms with Crippen LogP contribution in [0.2, 0.25) is 0 Å². The van der Waals surface area contributed by atoms with E-state index in [9.17, 15) is 4.79 Å². The van der Waals surface area contributed by atoms with Gasteiger partial charge in [0.25, 0.3) is 5.91 Å². The van der Waals surface area contributed by atoms with Crippen molar-refractivity contribution >= 4 is 22.9 Å². The van der Waals surface area contributed by atoms with Crippen molar-refractivity contribution in [3.8, 4) is 11.5 Å². The number of hydrogen-bond donors (Lipinski definition) is 1. The minimum absolute atomic E-state index is 0.113. The smallest absolute Gasteiger partial charge is 0.277 e. The number of benzene rings is 4. The molecule has 4 aromatic rings. The molecule has 0 spiro atoms. The van der Waals surface area contributed by atoms with Crippen LogP contribution in [0.5, 0.6) is 11.5 Å². The summed E-state index contributed by atoms with van der Waals surface area (Å²) >= 11 is 0. The Morgan fingerprint density at radius 1 is 0.806 bits per heavy atom. The van der Waals surface area contributed by atoms with E-state index in [1.165, 1.54) is 0 Å². The summed E-state index contributed by atoms with van der Waals surface area (Å²) in [6, 6.07) is 31.1. The lowest BCUT2D eigenvalue weighted by molar-refractivity contribution is -0.123. The van der Waals surface area contributed by atoms with E-state index in [1.807, 2.05) is 97.1 Å². The summed E-state index contributed by atoms with van der Waals surface area (Å²) in [6.07, 6.45) is 1.58. The number of hydrazone groups is 1. The molecule has 4 aromatic carbocycles. The van der Waals surface area contributed by atoms with E-state index in [0.29, 0.717) is 12.4 Å². The summed E-state index contributed by atoms with van der Waals surface area (Å²) in [7, 11) is 0. The van der Waals surface area contributed by atoms with Gasteiger partial charge in [-0.15, -0.1) is 0 Å². The van der Waals surface area contributed by atoms with Crippen LogP contribution in [0.1, 0.15) is 11.1 Å². The van der Waals surface area contributed by atoms with Gasteiger partial charge in [-0.3, -0.25) is 4.79 Å². The fourth-order valence-electron chi connectivity index (χ4n) is 3.07. The van der Waals surface area contributed by atoms with Crippen LogP contribution in [-0.4, -0.2) is 18.7 Å². The van der Waals surface area contributed by atoms with Gasteiger partial charge in [-0.1, -0.05) is 66.7 Å². The zero-order valence-corrected chi connectivity index (χ0v) is 16.9. The maximum absolute atomic E-state index is 12.0. The van der Waals surface area contributed by atoms with E-state index in [4.69, 9.17) is 9.47 Å². The third-order valence-corrected chi connectivity index (χ3v) is 4.64. The minimum Gasteiger partial charge on any atom is -0.489 e. The summed E-state index contributed by atoms with van der Waals surface area (Å²) in [5.74, 6) is 1.11. The van der Waals surface area contributed by atoms with Gasteiger partial charge in [0.15, 0.2) is 6.61 Å². The number of carbonyl (C=O) groups is 1. The summed E-state index contributed by atoms with van der Waals surface area (Å²) < 4.78 is 11.4. The molecular weight excluding hydrogens is 388 g/mol. The van der Waals surface area contributed by atoms with Crippen LogP contribution in [0.3, 0.4) is 0 Å². The molecule has 0 aliphatic rings. The Kier molecular flexibility index (Phi) is 6.55. The van der Waals surface area contributed by atoms with Crippen molar-refractivity contribution in [2.75, 3.05) is 6.61 Å². The Balaban J connectivity index is 1.25. The highest BCUT2D eigenvalue weighted by Gasteiger charge is 2.05. The third kappa shape index (κ3) is 5.70. The second-order valence-corrected chi connectivity index (χ2v) is 6.90. The first-order chi connectivity index (χ1) is 15.3. The lowest BCUT2D eigenvalue weighted by Gasteiger charge is -2.08. The molecule has 0 saturated heterocycles. The first-order valence-electron chi connectivity index (χ1n) is 9.97. The Bertz CT molecular complexity index is 1170. The van der Waals surface area contributed by atoms with Gasteiger partial charge < -0.3 is 9.47 Å². The van der Waals surface area contributed by atoms with Gasteiger partial charge in [0, 0.05) is 5.39 Å². The average Bonchev–Trinajstić information content (AvgIpc) is 2.83. The molecule has 0 bridgehead atoms. The molecule has 0 fully saturated rings. The second kappa shape index (κ2) is 10.1. The van der Waals surface area contributed by atoms with E-state index in [1.54, 1.807) is 6.21 Å². The highest BCUT2D eigenvalue weighted by molar-refractivity contribution is 5.89. The number of nitrogens with one attached hydrogen (secondary N) is 1. The summed E-state index contributed by atoms with van der Waals surface area (Å²) in [4.78, 5) is 12.0. The molecule has 0 radical (unpaired) electrons. The van der Waals surface area contributed by atoms with E-state index in [0.717, 1.165) is 27.6 Å². The maximum atomic E-state index is 12.0. The van der Waals surface area contributed by atoms with Crippen LogP contribution < -0.4 is 14.9 Å². The van der Waals surface area contributed by atoms with Crippen LogP contribution in [0, 0.1) is 0 Å². The lowest BCUT2D eigenvalue weighted by atomic mass is 10.1. The molecule has 5 heteroatoms. The van der Waals surface area contributed by atoms with Crippen molar-refractivity contribution in [1.82, 2.24) is 5.43 Å². The second-order valence-electron chi connectivity index (χ2n) is 6.90. The van der Waals surface area contributed by atoms with E-state index in [2.05, 4.69) is 10.5 Å². The molecule has 0 unspecified atom stereocenters. The lowest BCUT2D eigenvalue weighted by Crippen LogP contribution is -2.24. The molecule has 0 heterocycles. The monoisotopic (exact) mass is 410 g/mol. The summed E-state index contributed by atoms with van der Waals surface area (Å²) in [5, 5.41) is 6.03. The van der Waals surface area contributed by atoms with Gasteiger partial charge in [-0.25, -0.2) is 5.43 Å². The third-order valence-electron chi connectivity index (χ3n) is 4.64. The van der Waals surface area contributed by atoms with E-state index >= 15 is 0 Å². The first kappa shape index (κ1) is 20.2. The van der Waals surface area contributed by atoms with Crippen LogP contribution in [0.15, 0.2) is 102 Å². The highest BCUT2D eigenvalue weighted by atomic mass is 16.5. The predicted molar refractivity (Wildman–Crippen MR) is 122 cm³/mol. The zero-order chi connectivity index (χ0) is 21.3. The van der Waals surface area contributed by atoms with Crippen molar-refractivity contribution in [1.29, 1.82) is 0 Å². The van der Waals surface area contributed by atoms with Gasteiger partial charge in [0.1, 0.15) is 18.1 Å². The number of fused-ring (bicyclic) bond motifs is 1. The summed E-state index contributed by atoms with van der Waals surface area (Å²) in [5.41, 5.74) is 4.45. The molecule has 1 N–H and O–H groups in total. The van der Waals surface area contributed by atoms with Crippen LogP contribution in [-0.2, 0) is 11.4 Å². The topological polar surface area (TPSA) is 59.9 Å². The molecule has 154 valence electrons. The number of ether oxygens (including phenoxy) is 2. The van der Waals surface area contributed by atoms with Crippen molar-refractivity contribution in [2.45, 2.75) is 6.61 Å². The summed E-state index contributed by atoms with van der Waals surface area (Å²) in [6.45, 7) is 0.401. The zero-order valence-electron chi connectivity index (χ0n) is 16.9. The minimum atomic E-state index is -0.327. The quantitative estimate of drug-likeness (QED) is 0.330. The normalized spacial score (nSPS) is 10.8. The Morgan fingerprint density at radius 3 is 2.39 bits per heavy atom. The molecule has 0 aliphatic heterocycles. The molecule has 0 saturated carbocycles. The molecule has 0 atom stereocenters. The van der Waals surface area contributed by atoms with Gasteiger partial charge >= 0.3 is 0 Å². The Hall–Kier alpha value is -4.12. The number of rotatable bonds is 8. The fraction of sp³-hybridized carbons (Fsp3) is 0.0769. The fourth-order valence-corrected chi connectivity index (χ4v) is 3.07. The van der Waals surface area contributed by atoms with Crippen molar-refractivity contribution in [2.24, 2.45) is 5.10 Å². The van der Waals surface area contributed by atoms with Crippen molar-refractivity contribution < 1.29 is 14.3 Å². The molecule has 0 aromatic heterocycles. The largest absolute Gasteiger partial charge is 0.489 e. The van der Waals surface area contributed by atoms with Gasteiger partial charge in [-0.05, 0) is 46.8 Å². The number of carbonyl (C=O) groups excluding carboxylic acids is 1. The number of nitrogens with zero attached hydrogens (tertiary/aromatic N) is 1. The van der Waals surface area contributed by atoms with Crippen molar-refractivity contribution in [3.05, 3.63) is 108 Å². The van der Waals surface area contributed by atoms with Gasteiger partial charge in [0.2, 0.25) is 0 Å². The molecule has 0 aliphatic carbocycles. The number of hydrogen-bond acceptors (Lipinski definition) is 4. The Morgan fingerprint density at radius 2 is 1.55 bits per heavy atom. The van der Waals surface area contributed by atoms with Crippen LogP contribution in [0.4, 0.5) is 0 Å². The highest BCUT2D eigenvalue weighted by Crippen LogP contribution is 2.24. The Labute approximate surface area is 180 Å². The van der Waals surface area contributed by atoms with Crippen LogP contribution in [0.25, 0.3) is 10.8 Å². The van der Waals surface area contributed by atoms with Gasteiger partial charge in [0.05, 0.1) is 6.21 Å². The first-order valence-corrected chi connectivity index (χ1v) is 9.97. The van der Waals surface area contributed by atoms with Crippen LogP contribution >= 0.6 is 0 Å². The standard InChI is InChI=1S/C26H22N2O3/c29-26(19-31-25-12-6-10-22-9-4-5-11-24(22)25)28-27-17-20-13-15-23(16-14-20)30-18-21-7-2-1-3-8-21/h1-17H,18-19H2,(H,28,29)/b27-17+. The SMILES string of the molecule is O=C(COc1cccc2ccccc12)N/N=C/c1ccc(OCc2ccccc2)cc1. The molecule has 4 rings (SSSR count).